The van der Waals surface area contributed by atoms with Crippen molar-refractivity contribution in [3.05, 3.63) is 34.9 Å². The molecule has 1 aromatic heterocycles. The lowest BCUT2D eigenvalue weighted by Gasteiger charge is -2.06. The number of carbonyl (C=O) groups excluding carboxylic acids is 1. The van der Waals surface area contributed by atoms with Crippen molar-refractivity contribution in [2.24, 2.45) is 0 Å². The molecule has 0 spiro atoms. The SMILES string of the molecule is O=C(Cn1ccc2cc(Br)ccc21)NC1CC1. The molecule has 0 bridgehead atoms. The van der Waals surface area contributed by atoms with E-state index < -0.39 is 0 Å². The summed E-state index contributed by atoms with van der Waals surface area (Å²) in [5.41, 5.74) is 1.10. The van der Waals surface area contributed by atoms with Gasteiger partial charge in [0.15, 0.2) is 0 Å². The van der Waals surface area contributed by atoms with Gasteiger partial charge in [-0.25, -0.2) is 0 Å². The normalized spacial score (nSPS) is 15.1. The zero-order valence-corrected chi connectivity index (χ0v) is 10.9. The lowest BCUT2D eigenvalue weighted by Crippen LogP contribution is -2.28. The molecule has 1 amide bonds. The molecule has 0 atom stereocenters. The van der Waals surface area contributed by atoms with E-state index in [0.717, 1.165) is 28.2 Å². The number of nitrogens with zero attached hydrogens (tertiary/aromatic N) is 1. The van der Waals surface area contributed by atoms with Crippen molar-refractivity contribution in [1.29, 1.82) is 0 Å². The van der Waals surface area contributed by atoms with E-state index in [2.05, 4.69) is 27.3 Å². The summed E-state index contributed by atoms with van der Waals surface area (Å²) < 4.78 is 3.05. The predicted octanol–water partition coefficient (Wildman–Crippen LogP) is 2.68. The number of benzene rings is 1. The van der Waals surface area contributed by atoms with Crippen molar-refractivity contribution in [2.45, 2.75) is 25.4 Å². The molecule has 3 rings (SSSR count). The maximum Gasteiger partial charge on any atom is 0.240 e. The fourth-order valence-corrected chi connectivity index (χ4v) is 2.34. The molecule has 0 unspecified atom stereocenters. The van der Waals surface area contributed by atoms with Gasteiger partial charge in [0.1, 0.15) is 6.54 Å². The van der Waals surface area contributed by atoms with Gasteiger partial charge in [0.2, 0.25) is 5.91 Å². The average Bonchev–Trinajstić information content (AvgIpc) is 3.01. The number of hydrogen-bond acceptors (Lipinski definition) is 1. The zero-order chi connectivity index (χ0) is 11.8. The number of nitrogens with one attached hydrogen (secondary N) is 1. The molecule has 4 heteroatoms. The molecule has 0 saturated heterocycles. The van der Waals surface area contributed by atoms with Gasteiger partial charge in [-0.2, -0.15) is 0 Å². The summed E-state index contributed by atoms with van der Waals surface area (Å²) in [6.07, 6.45) is 4.22. The van der Waals surface area contributed by atoms with Gasteiger partial charge in [-0.1, -0.05) is 15.9 Å². The van der Waals surface area contributed by atoms with Crippen LogP contribution in [0.25, 0.3) is 10.9 Å². The second-order valence-electron chi connectivity index (χ2n) is 4.49. The third kappa shape index (κ3) is 2.36. The van der Waals surface area contributed by atoms with Gasteiger partial charge in [0, 0.05) is 27.6 Å². The Bertz CT molecular complexity index is 572. The highest BCUT2D eigenvalue weighted by atomic mass is 79.9. The molecule has 1 aromatic carbocycles. The zero-order valence-electron chi connectivity index (χ0n) is 9.32. The van der Waals surface area contributed by atoms with Gasteiger partial charge >= 0.3 is 0 Å². The molecule has 1 aliphatic rings. The Balaban J connectivity index is 1.82. The first-order chi connectivity index (χ1) is 8.22. The molecular formula is C13H13BrN2O. The van der Waals surface area contributed by atoms with Crippen LogP contribution in [-0.4, -0.2) is 16.5 Å². The summed E-state index contributed by atoms with van der Waals surface area (Å²) >= 11 is 3.44. The lowest BCUT2D eigenvalue weighted by atomic mass is 10.2. The highest BCUT2D eigenvalue weighted by molar-refractivity contribution is 9.10. The van der Waals surface area contributed by atoms with E-state index in [0.29, 0.717) is 12.6 Å². The van der Waals surface area contributed by atoms with E-state index >= 15 is 0 Å². The van der Waals surface area contributed by atoms with Crippen LogP contribution < -0.4 is 5.32 Å². The first-order valence-corrected chi connectivity index (χ1v) is 6.55. The van der Waals surface area contributed by atoms with Crippen LogP contribution in [-0.2, 0) is 11.3 Å². The molecule has 1 aliphatic carbocycles. The molecular weight excluding hydrogens is 280 g/mol. The standard InChI is InChI=1S/C13H13BrN2O/c14-10-1-4-12-9(7-10)5-6-16(12)8-13(17)15-11-2-3-11/h1,4-7,11H,2-3,8H2,(H,15,17). The fraction of sp³-hybridized carbons (Fsp3) is 0.308. The highest BCUT2D eigenvalue weighted by Gasteiger charge is 2.23. The van der Waals surface area contributed by atoms with E-state index in [1.54, 1.807) is 0 Å². The summed E-state index contributed by atoms with van der Waals surface area (Å²) in [6, 6.07) is 8.55. The Labute approximate surface area is 108 Å². The molecule has 1 N–H and O–H groups in total. The van der Waals surface area contributed by atoms with Gasteiger partial charge in [-0.3, -0.25) is 4.79 Å². The number of aromatic nitrogens is 1. The monoisotopic (exact) mass is 292 g/mol. The number of hydrogen-bond donors (Lipinski definition) is 1. The van der Waals surface area contributed by atoms with Gasteiger partial charge < -0.3 is 9.88 Å². The van der Waals surface area contributed by atoms with Crippen molar-refractivity contribution >= 4 is 32.7 Å². The van der Waals surface area contributed by atoms with Crippen LogP contribution >= 0.6 is 15.9 Å². The van der Waals surface area contributed by atoms with Crippen LogP contribution in [0.3, 0.4) is 0 Å². The summed E-state index contributed by atoms with van der Waals surface area (Å²) in [5, 5.41) is 4.15. The maximum absolute atomic E-state index is 11.7. The van der Waals surface area contributed by atoms with Crippen molar-refractivity contribution in [1.82, 2.24) is 9.88 Å². The molecule has 88 valence electrons. The second-order valence-corrected chi connectivity index (χ2v) is 5.40. The first kappa shape index (κ1) is 10.8. The van der Waals surface area contributed by atoms with E-state index in [1.807, 2.05) is 29.0 Å². The Morgan fingerprint density at radius 3 is 3.00 bits per heavy atom. The quantitative estimate of drug-likeness (QED) is 0.927. The molecule has 0 aliphatic heterocycles. The summed E-state index contributed by atoms with van der Waals surface area (Å²) in [6.45, 7) is 0.404. The Morgan fingerprint density at radius 2 is 2.24 bits per heavy atom. The van der Waals surface area contributed by atoms with Gasteiger partial charge in [-0.15, -0.1) is 0 Å². The summed E-state index contributed by atoms with van der Waals surface area (Å²) in [7, 11) is 0. The predicted molar refractivity (Wildman–Crippen MR) is 70.8 cm³/mol. The number of carbonyl (C=O) groups is 1. The molecule has 3 nitrogen and oxygen atoms in total. The number of rotatable bonds is 3. The first-order valence-electron chi connectivity index (χ1n) is 5.76. The maximum atomic E-state index is 11.7. The van der Waals surface area contributed by atoms with Gasteiger partial charge in [-0.05, 0) is 37.1 Å². The minimum absolute atomic E-state index is 0.105. The van der Waals surface area contributed by atoms with E-state index in [-0.39, 0.29) is 5.91 Å². The van der Waals surface area contributed by atoms with Crippen molar-refractivity contribution in [3.8, 4) is 0 Å². The Hall–Kier alpha value is -1.29. The number of amides is 1. The Kier molecular flexibility index (Phi) is 2.67. The van der Waals surface area contributed by atoms with E-state index in [9.17, 15) is 4.79 Å². The van der Waals surface area contributed by atoms with Crippen molar-refractivity contribution < 1.29 is 4.79 Å². The third-order valence-corrected chi connectivity index (χ3v) is 3.48. The van der Waals surface area contributed by atoms with Gasteiger partial charge in [0.25, 0.3) is 0 Å². The van der Waals surface area contributed by atoms with E-state index in [1.165, 1.54) is 0 Å². The molecule has 0 radical (unpaired) electrons. The largest absolute Gasteiger partial charge is 0.352 e. The van der Waals surface area contributed by atoms with E-state index in [4.69, 9.17) is 0 Å². The van der Waals surface area contributed by atoms with Crippen LogP contribution in [0.1, 0.15) is 12.8 Å². The van der Waals surface area contributed by atoms with Crippen LogP contribution in [0.4, 0.5) is 0 Å². The minimum atomic E-state index is 0.105. The van der Waals surface area contributed by atoms with Crippen LogP contribution in [0.15, 0.2) is 34.9 Å². The van der Waals surface area contributed by atoms with Crippen LogP contribution in [0, 0.1) is 0 Å². The highest BCUT2D eigenvalue weighted by Crippen LogP contribution is 2.21. The molecule has 1 fully saturated rings. The van der Waals surface area contributed by atoms with Crippen molar-refractivity contribution in [3.63, 3.8) is 0 Å². The van der Waals surface area contributed by atoms with Crippen LogP contribution in [0.2, 0.25) is 0 Å². The topological polar surface area (TPSA) is 34.0 Å². The van der Waals surface area contributed by atoms with Crippen molar-refractivity contribution in [2.75, 3.05) is 0 Å². The smallest absolute Gasteiger partial charge is 0.240 e. The Morgan fingerprint density at radius 1 is 1.41 bits per heavy atom. The second kappa shape index (κ2) is 4.18. The molecule has 2 aromatic rings. The number of fused-ring (bicyclic) bond motifs is 1. The minimum Gasteiger partial charge on any atom is -0.352 e. The number of halogens is 1. The third-order valence-electron chi connectivity index (χ3n) is 2.99. The fourth-order valence-electron chi connectivity index (χ4n) is 1.96. The molecule has 1 heterocycles. The summed E-state index contributed by atoms with van der Waals surface area (Å²) in [4.78, 5) is 11.7. The summed E-state index contributed by atoms with van der Waals surface area (Å²) in [5.74, 6) is 0.105. The molecule has 1 saturated carbocycles. The van der Waals surface area contributed by atoms with Crippen LogP contribution in [0.5, 0.6) is 0 Å². The van der Waals surface area contributed by atoms with Gasteiger partial charge in [0.05, 0.1) is 0 Å². The average molecular weight is 293 g/mol. The molecule has 17 heavy (non-hydrogen) atoms. The lowest BCUT2D eigenvalue weighted by molar-refractivity contribution is -0.121.